The fourth-order valence-corrected chi connectivity index (χ4v) is 2.01. The highest BCUT2D eigenvalue weighted by Crippen LogP contribution is 2.27. The molecular formula is C13H7BrClFO. The van der Waals surface area contributed by atoms with Crippen LogP contribution in [-0.4, -0.2) is 5.78 Å². The van der Waals surface area contributed by atoms with E-state index in [9.17, 15) is 9.18 Å². The van der Waals surface area contributed by atoms with E-state index >= 15 is 0 Å². The maximum absolute atomic E-state index is 12.8. The van der Waals surface area contributed by atoms with Crippen LogP contribution < -0.4 is 0 Å². The van der Waals surface area contributed by atoms with E-state index in [0.29, 0.717) is 20.6 Å². The topological polar surface area (TPSA) is 17.1 Å². The van der Waals surface area contributed by atoms with Gasteiger partial charge in [0, 0.05) is 15.6 Å². The summed E-state index contributed by atoms with van der Waals surface area (Å²) >= 11 is 9.28. The molecule has 0 saturated carbocycles. The zero-order valence-corrected chi connectivity index (χ0v) is 10.9. The third-order valence-corrected chi connectivity index (χ3v) is 3.60. The highest BCUT2D eigenvalue weighted by atomic mass is 79.9. The Bertz CT molecular complexity index is 566. The van der Waals surface area contributed by atoms with Gasteiger partial charge >= 0.3 is 0 Å². The highest BCUT2D eigenvalue weighted by molar-refractivity contribution is 9.10. The van der Waals surface area contributed by atoms with Gasteiger partial charge in [-0.3, -0.25) is 4.79 Å². The number of rotatable bonds is 2. The van der Waals surface area contributed by atoms with Gasteiger partial charge < -0.3 is 0 Å². The lowest BCUT2D eigenvalue weighted by atomic mass is 10.0. The van der Waals surface area contributed by atoms with Crippen LogP contribution in [0.1, 0.15) is 15.9 Å². The molecule has 1 nitrogen and oxygen atoms in total. The van der Waals surface area contributed by atoms with Crippen molar-refractivity contribution >= 4 is 33.3 Å². The molecule has 0 radical (unpaired) electrons. The van der Waals surface area contributed by atoms with E-state index in [-0.39, 0.29) is 11.6 Å². The van der Waals surface area contributed by atoms with Gasteiger partial charge in [-0.1, -0.05) is 17.7 Å². The van der Waals surface area contributed by atoms with Crippen LogP contribution in [0.4, 0.5) is 4.39 Å². The third kappa shape index (κ3) is 2.56. The van der Waals surface area contributed by atoms with Crippen LogP contribution in [0.15, 0.2) is 46.9 Å². The van der Waals surface area contributed by atoms with Crippen LogP contribution in [-0.2, 0) is 0 Å². The molecule has 4 heteroatoms. The second-order valence-electron chi connectivity index (χ2n) is 3.44. The van der Waals surface area contributed by atoms with Crippen molar-refractivity contribution in [1.82, 2.24) is 0 Å². The van der Waals surface area contributed by atoms with Gasteiger partial charge in [-0.15, -0.1) is 0 Å². The number of ketones is 1. The van der Waals surface area contributed by atoms with E-state index in [1.54, 1.807) is 18.2 Å². The van der Waals surface area contributed by atoms with Crippen molar-refractivity contribution in [3.05, 3.63) is 68.9 Å². The van der Waals surface area contributed by atoms with Crippen LogP contribution in [0, 0.1) is 5.82 Å². The standard InChI is InChI=1S/C13H7BrClFO/c14-11-3-1-2-10(12(11)15)13(17)8-4-6-9(16)7-5-8/h1-7H. The average molecular weight is 314 g/mol. The number of hydrogen-bond donors (Lipinski definition) is 0. The lowest BCUT2D eigenvalue weighted by molar-refractivity contribution is 0.103. The molecule has 0 bridgehead atoms. The summed E-state index contributed by atoms with van der Waals surface area (Å²) in [7, 11) is 0. The van der Waals surface area contributed by atoms with Crippen LogP contribution in [0.3, 0.4) is 0 Å². The molecule has 0 atom stereocenters. The van der Waals surface area contributed by atoms with E-state index in [4.69, 9.17) is 11.6 Å². The number of carbonyl (C=O) groups excluding carboxylic acids is 1. The molecule has 0 aromatic heterocycles. The summed E-state index contributed by atoms with van der Waals surface area (Å²) < 4.78 is 13.4. The van der Waals surface area contributed by atoms with Gasteiger partial charge in [0.15, 0.2) is 5.78 Å². The van der Waals surface area contributed by atoms with Crippen molar-refractivity contribution < 1.29 is 9.18 Å². The summed E-state index contributed by atoms with van der Waals surface area (Å²) in [4.78, 5) is 12.1. The monoisotopic (exact) mass is 312 g/mol. The maximum atomic E-state index is 12.8. The number of carbonyl (C=O) groups is 1. The van der Waals surface area contributed by atoms with Crippen LogP contribution in [0.2, 0.25) is 5.02 Å². The third-order valence-electron chi connectivity index (χ3n) is 2.30. The van der Waals surface area contributed by atoms with Crippen molar-refractivity contribution in [2.24, 2.45) is 0 Å². The summed E-state index contributed by atoms with van der Waals surface area (Å²) in [6.45, 7) is 0. The summed E-state index contributed by atoms with van der Waals surface area (Å²) in [6, 6.07) is 10.5. The predicted molar refractivity (Wildman–Crippen MR) is 69.0 cm³/mol. The first kappa shape index (κ1) is 12.3. The molecule has 0 aliphatic carbocycles. The van der Waals surface area contributed by atoms with Crippen LogP contribution >= 0.6 is 27.5 Å². The quantitative estimate of drug-likeness (QED) is 0.748. The van der Waals surface area contributed by atoms with Gasteiger partial charge in [0.2, 0.25) is 0 Å². The zero-order valence-electron chi connectivity index (χ0n) is 8.58. The van der Waals surface area contributed by atoms with E-state index in [0.717, 1.165) is 0 Å². The minimum atomic E-state index is -0.373. The molecule has 2 aromatic carbocycles. The Morgan fingerprint density at radius 1 is 1.12 bits per heavy atom. The molecule has 0 fully saturated rings. The number of benzene rings is 2. The largest absolute Gasteiger partial charge is 0.289 e. The molecule has 86 valence electrons. The summed E-state index contributed by atoms with van der Waals surface area (Å²) in [5.74, 6) is -0.599. The molecule has 0 aliphatic heterocycles. The van der Waals surface area contributed by atoms with Crippen molar-refractivity contribution in [3.8, 4) is 0 Å². The Kier molecular flexibility index (Phi) is 3.60. The Hall–Kier alpha value is -1.19. The molecule has 0 saturated heterocycles. The Morgan fingerprint density at radius 2 is 1.76 bits per heavy atom. The first-order valence-corrected chi connectivity index (χ1v) is 6.01. The normalized spacial score (nSPS) is 10.3. The van der Waals surface area contributed by atoms with E-state index < -0.39 is 0 Å². The molecule has 0 amide bonds. The minimum Gasteiger partial charge on any atom is -0.289 e. The van der Waals surface area contributed by atoms with Crippen molar-refractivity contribution in [2.45, 2.75) is 0 Å². The maximum Gasteiger partial charge on any atom is 0.194 e. The molecule has 0 unspecified atom stereocenters. The van der Waals surface area contributed by atoms with Gasteiger partial charge in [-0.05, 0) is 52.3 Å². The fourth-order valence-electron chi connectivity index (χ4n) is 1.44. The van der Waals surface area contributed by atoms with Crippen molar-refractivity contribution in [2.75, 3.05) is 0 Å². The van der Waals surface area contributed by atoms with Gasteiger partial charge in [0.1, 0.15) is 5.82 Å². The number of hydrogen-bond acceptors (Lipinski definition) is 1. The summed E-state index contributed by atoms with van der Waals surface area (Å²) in [5.41, 5.74) is 0.805. The second kappa shape index (κ2) is 4.98. The Morgan fingerprint density at radius 3 is 2.41 bits per heavy atom. The van der Waals surface area contributed by atoms with Crippen molar-refractivity contribution in [1.29, 1.82) is 0 Å². The van der Waals surface area contributed by atoms with Crippen LogP contribution in [0.5, 0.6) is 0 Å². The van der Waals surface area contributed by atoms with Crippen molar-refractivity contribution in [3.63, 3.8) is 0 Å². The zero-order chi connectivity index (χ0) is 12.4. The van der Waals surface area contributed by atoms with E-state index in [2.05, 4.69) is 15.9 Å². The molecule has 0 spiro atoms. The van der Waals surface area contributed by atoms with Gasteiger partial charge in [-0.2, -0.15) is 0 Å². The average Bonchev–Trinajstić information content (AvgIpc) is 2.33. The van der Waals surface area contributed by atoms with Gasteiger partial charge in [0.05, 0.1) is 5.02 Å². The van der Waals surface area contributed by atoms with E-state index in [1.807, 2.05) is 0 Å². The molecule has 0 N–H and O–H groups in total. The Balaban J connectivity index is 2.44. The molecule has 0 aliphatic rings. The smallest absolute Gasteiger partial charge is 0.194 e. The van der Waals surface area contributed by atoms with E-state index in [1.165, 1.54) is 24.3 Å². The molecular weight excluding hydrogens is 306 g/mol. The summed E-state index contributed by atoms with van der Waals surface area (Å²) in [5, 5.41) is 0.363. The first-order valence-electron chi connectivity index (χ1n) is 4.84. The van der Waals surface area contributed by atoms with Crippen LogP contribution in [0.25, 0.3) is 0 Å². The predicted octanol–water partition coefficient (Wildman–Crippen LogP) is 4.47. The summed E-state index contributed by atoms with van der Waals surface area (Å²) in [6.07, 6.45) is 0. The Labute approximate surface area is 111 Å². The molecule has 17 heavy (non-hydrogen) atoms. The highest BCUT2D eigenvalue weighted by Gasteiger charge is 2.14. The minimum absolute atomic E-state index is 0.226. The molecule has 2 rings (SSSR count). The van der Waals surface area contributed by atoms with Gasteiger partial charge in [0.25, 0.3) is 0 Å². The lowest BCUT2D eigenvalue weighted by Crippen LogP contribution is -2.02. The second-order valence-corrected chi connectivity index (χ2v) is 4.67. The first-order chi connectivity index (χ1) is 8.09. The SMILES string of the molecule is O=C(c1ccc(F)cc1)c1cccc(Br)c1Cl. The molecule has 2 aromatic rings. The lowest BCUT2D eigenvalue weighted by Gasteiger charge is -2.05. The fraction of sp³-hybridized carbons (Fsp3) is 0. The van der Waals surface area contributed by atoms with Gasteiger partial charge in [-0.25, -0.2) is 4.39 Å². The molecule has 0 heterocycles. The number of halogens is 3.